The Morgan fingerprint density at radius 2 is 0.629 bits per heavy atom. The minimum absolute atomic E-state index is 0.264. The Kier molecular flexibility index (Phi) is 75.1. The normalized spacial score (nSPS) is 21.2. The zero-order chi connectivity index (χ0) is 71.0. The molecular formula is C69H161N21O7. The maximum atomic E-state index is 8.54. The topological polar surface area (TPSA) is 326 Å². The van der Waals surface area contributed by atoms with E-state index in [-0.39, 0.29) is 6.61 Å². The van der Waals surface area contributed by atoms with E-state index in [0.717, 1.165) is 295 Å². The number of β-amino-alcohol motifs (C(OH)–C–C–N with tert-alkyl or cyclic N) is 2. The highest BCUT2D eigenvalue weighted by Gasteiger charge is 2.15. The number of nitrogens with one attached hydrogen (secondary N) is 4. The van der Waals surface area contributed by atoms with Crippen LogP contribution in [0.15, 0.2) is 0 Å². The summed E-state index contributed by atoms with van der Waals surface area (Å²) < 4.78 is 26.0. The van der Waals surface area contributed by atoms with Crippen molar-refractivity contribution in [3.63, 3.8) is 0 Å². The van der Waals surface area contributed by atoms with E-state index in [1.165, 1.54) is 111 Å². The number of morpholine rings is 5. The Hall–Kier alpha value is -1.12. The molecule has 584 valence electrons. The quantitative estimate of drug-likeness (QED) is 0.0396. The van der Waals surface area contributed by atoms with Gasteiger partial charge in [-0.05, 0) is 151 Å². The lowest BCUT2D eigenvalue weighted by Crippen LogP contribution is -2.44. The van der Waals surface area contributed by atoms with Gasteiger partial charge in [0.05, 0.1) is 79.3 Å². The lowest BCUT2D eigenvalue weighted by atomic mass is 10.3. The molecule has 0 bridgehead atoms. The molecule has 0 aliphatic carbocycles. The van der Waals surface area contributed by atoms with Crippen LogP contribution in [0, 0.1) is 0 Å². The molecule has 18 N–H and O–H groups in total. The maximum absolute atomic E-state index is 8.54. The molecule has 0 aromatic carbocycles. The fraction of sp³-hybridized carbons (Fsp3) is 1.00. The van der Waals surface area contributed by atoms with Gasteiger partial charge in [0, 0.05) is 209 Å². The van der Waals surface area contributed by atoms with E-state index in [9.17, 15) is 0 Å². The first-order valence-electron chi connectivity index (χ1n) is 38.6. The summed E-state index contributed by atoms with van der Waals surface area (Å²) in [4.78, 5) is 26.0. The number of piperazine rings is 3. The fourth-order valence-corrected chi connectivity index (χ4v) is 11.3. The van der Waals surface area contributed by atoms with Crippen LogP contribution in [0.3, 0.4) is 0 Å². The number of likely N-dealkylation sites (tertiary alicyclic amines) is 2. The zero-order valence-electron chi connectivity index (χ0n) is 63.6. The number of rotatable bonds is 25. The smallest absolute Gasteiger partial charge is 0.0594 e. The van der Waals surface area contributed by atoms with Gasteiger partial charge in [0.2, 0.25) is 0 Å². The number of nitrogens with zero attached hydrogens (tertiary/aromatic N) is 11. The predicted molar refractivity (Wildman–Crippen MR) is 406 cm³/mol. The second-order valence-electron chi connectivity index (χ2n) is 25.8. The van der Waals surface area contributed by atoms with Crippen LogP contribution in [0.25, 0.3) is 0 Å². The van der Waals surface area contributed by atoms with Crippen molar-refractivity contribution in [2.45, 2.75) is 65.2 Å². The first-order chi connectivity index (χ1) is 47.6. The van der Waals surface area contributed by atoms with E-state index >= 15 is 0 Å². The van der Waals surface area contributed by atoms with Crippen molar-refractivity contribution >= 4 is 0 Å². The molecule has 97 heavy (non-hydrogen) atoms. The van der Waals surface area contributed by atoms with Gasteiger partial charge in [0.25, 0.3) is 0 Å². The molecule has 0 amide bonds. The van der Waals surface area contributed by atoms with Crippen molar-refractivity contribution in [2.24, 2.45) is 34.4 Å². The molecule has 10 fully saturated rings. The lowest BCUT2D eigenvalue weighted by molar-refractivity contribution is 0.0306. The van der Waals surface area contributed by atoms with Crippen molar-refractivity contribution in [3.8, 4) is 0 Å². The van der Waals surface area contributed by atoms with E-state index in [4.69, 9.17) is 68.3 Å². The molecule has 10 saturated heterocycles. The van der Waals surface area contributed by atoms with Gasteiger partial charge in [-0.3, -0.25) is 24.5 Å². The molecule has 0 radical (unpaired) electrons. The average Bonchev–Trinajstić information content (AvgIpc) is 4.60. The molecule has 0 unspecified atom stereocenters. The van der Waals surface area contributed by atoms with Crippen LogP contribution in [0.5, 0.6) is 0 Å². The monoisotopic (exact) mass is 1400 g/mol. The van der Waals surface area contributed by atoms with E-state index in [1.807, 2.05) is 7.05 Å². The highest BCUT2D eigenvalue weighted by atomic mass is 16.5. The van der Waals surface area contributed by atoms with Crippen LogP contribution in [0.4, 0.5) is 0 Å². The highest BCUT2D eigenvalue weighted by molar-refractivity contribution is 4.71. The third-order valence-corrected chi connectivity index (χ3v) is 17.8. The van der Waals surface area contributed by atoms with Crippen LogP contribution >= 0.6 is 0 Å². The number of likely N-dealkylation sites (N-methyl/N-ethyl adjacent to an activating group) is 4. The third-order valence-electron chi connectivity index (χ3n) is 17.8. The standard InChI is InChI=1S/C8H19N3.C8H18N2O.2C7H16N2O.C6H14N2O.C6H14N2.C6H16N2.C6H13NO2.C6H13NO.C5H12N2.C4H10N2/c1-10-5-7-11(8-6-10)4-2-3-9;9-3-1-2-4-10-5-7-11-8-6-10;1-8-2-3-9-4-6-10-7-5-9;8-2-1-3-9-4-6-10-7-5-9;7-1-2-8-3-5-9-6-4-8;7-3-6-8-4-1-2-5-8;1-3-8(4-2)6-5-7;8-4-1-7-2-5-9-6-3-7;8-6-5-7-3-1-2-4-7;1-7-4-2-6-3-5-7;1-2-6-4-3-5-1/h2-9H2,1H3;1-9H2;8H,2-7H2,1H3;1-8H2;1-7H2;1-7H2;3-7H2,1-2H3;8H,1-6H2;8H,1-6H2;6H,2-5H2,1H3;5-6H,1-4H2. The minimum Gasteiger partial charge on any atom is -0.395 e. The van der Waals surface area contributed by atoms with Crippen LogP contribution in [0.1, 0.15) is 65.2 Å². The van der Waals surface area contributed by atoms with Crippen molar-refractivity contribution in [1.82, 2.24) is 75.2 Å². The minimum atomic E-state index is 0.264. The molecule has 28 nitrogen and oxygen atoms in total. The molecule has 0 saturated carbocycles. The Bertz CT molecular complexity index is 1380. The summed E-state index contributed by atoms with van der Waals surface area (Å²) in [6, 6.07) is 0. The van der Waals surface area contributed by atoms with Gasteiger partial charge >= 0.3 is 0 Å². The van der Waals surface area contributed by atoms with Gasteiger partial charge in [-0.2, -0.15) is 0 Å². The van der Waals surface area contributed by atoms with Crippen molar-refractivity contribution in [2.75, 3.05) is 388 Å². The summed E-state index contributed by atoms with van der Waals surface area (Å²) in [6.07, 6.45) is 10.0. The van der Waals surface area contributed by atoms with Crippen LogP contribution in [0.2, 0.25) is 0 Å². The molecule has 0 spiro atoms. The van der Waals surface area contributed by atoms with E-state index in [0.29, 0.717) is 6.61 Å². The summed E-state index contributed by atoms with van der Waals surface area (Å²) >= 11 is 0. The largest absolute Gasteiger partial charge is 0.395 e. The number of aliphatic hydroxyl groups is 2. The van der Waals surface area contributed by atoms with Gasteiger partial charge in [0.1, 0.15) is 0 Å². The van der Waals surface area contributed by atoms with E-state index in [2.05, 4.69) is 103 Å². The van der Waals surface area contributed by atoms with E-state index < -0.39 is 0 Å². The number of aliphatic hydroxyl groups excluding tert-OH is 2. The second-order valence-corrected chi connectivity index (χ2v) is 25.8. The van der Waals surface area contributed by atoms with Crippen LogP contribution in [-0.4, -0.2) is 453 Å². The molecule has 10 rings (SSSR count). The molecule has 10 heterocycles. The molecule has 28 heteroatoms. The SMILES string of the molecule is C1CNCCN1.CCN(CC)CCN.CN1CCN(CCCN)CC1.CN1CCNCC1.CNCCN1CCOCC1.NCCCCN1CCOCC1.NCCCN1CCOCC1.NCCN1CCCC1.NCCN1CCOCC1.OCCN1CCCC1.OCCN1CCOCC1. The van der Waals surface area contributed by atoms with Gasteiger partial charge in [0.15, 0.2) is 0 Å². The van der Waals surface area contributed by atoms with Gasteiger partial charge in [-0.25, -0.2) is 0 Å². The zero-order valence-corrected chi connectivity index (χ0v) is 63.6. The summed E-state index contributed by atoms with van der Waals surface area (Å²) in [5.41, 5.74) is 32.3. The Morgan fingerprint density at radius 1 is 0.330 bits per heavy atom. The lowest BCUT2D eigenvalue weighted by Gasteiger charge is -2.32. The van der Waals surface area contributed by atoms with Crippen LogP contribution < -0.4 is 55.7 Å². The second kappa shape index (κ2) is 76.0. The number of nitrogens with two attached hydrogens (primary N) is 6. The molecule has 10 aliphatic heterocycles. The predicted octanol–water partition coefficient (Wildman–Crippen LogP) is -3.46. The highest BCUT2D eigenvalue weighted by Crippen LogP contribution is 2.07. The first-order valence-corrected chi connectivity index (χ1v) is 38.6. The van der Waals surface area contributed by atoms with Crippen molar-refractivity contribution in [1.29, 1.82) is 0 Å². The average molecular weight is 1400 g/mol. The molecule has 10 aliphatic rings. The number of hydrogen-bond donors (Lipinski definition) is 12. The van der Waals surface area contributed by atoms with Gasteiger partial charge in [-0.1, -0.05) is 13.8 Å². The maximum Gasteiger partial charge on any atom is 0.0594 e. The Morgan fingerprint density at radius 3 is 0.918 bits per heavy atom. The Balaban J connectivity index is 0.00000105. The molecule has 0 atom stereocenters. The van der Waals surface area contributed by atoms with Gasteiger partial charge < -0.3 is 119 Å². The first kappa shape index (κ1) is 95.9. The summed E-state index contributed by atoms with van der Waals surface area (Å²) in [7, 11) is 6.32. The number of unbranched alkanes of at least 4 members (excludes halogenated alkanes) is 1. The van der Waals surface area contributed by atoms with Crippen molar-refractivity contribution < 1.29 is 33.9 Å². The molecule has 0 aromatic heterocycles. The van der Waals surface area contributed by atoms with E-state index in [1.54, 1.807) is 0 Å². The van der Waals surface area contributed by atoms with Crippen molar-refractivity contribution in [3.05, 3.63) is 0 Å². The summed E-state index contributed by atoms with van der Waals surface area (Å²) in [6.45, 7) is 61.0. The summed E-state index contributed by atoms with van der Waals surface area (Å²) in [5, 5.41) is 29.9. The molecule has 0 aromatic rings. The number of ether oxygens (including phenoxy) is 5. The fourth-order valence-electron chi connectivity index (χ4n) is 11.3. The number of hydrogen-bond acceptors (Lipinski definition) is 28. The molecular weight excluding hydrogens is 1230 g/mol. The third kappa shape index (κ3) is 64.2. The van der Waals surface area contributed by atoms with Crippen LogP contribution in [-0.2, 0) is 23.7 Å². The Labute approximate surface area is 594 Å². The summed E-state index contributed by atoms with van der Waals surface area (Å²) in [5.74, 6) is 0. The van der Waals surface area contributed by atoms with Gasteiger partial charge in [-0.15, -0.1) is 0 Å².